The van der Waals surface area contributed by atoms with E-state index in [1.165, 1.54) is 12.1 Å². The van der Waals surface area contributed by atoms with Crippen molar-refractivity contribution in [3.05, 3.63) is 95.7 Å². The van der Waals surface area contributed by atoms with E-state index in [1.807, 2.05) is 12.1 Å². The highest BCUT2D eigenvalue weighted by Crippen LogP contribution is 2.29. The Balaban J connectivity index is 1.49. The van der Waals surface area contributed by atoms with Crippen molar-refractivity contribution in [1.29, 1.82) is 0 Å². The van der Waals surface area contributed by atoms with Crippen molar-refractivity contribution >= 4 is 52.3 Å². The molecule has 0 fully saturated rings. The van der Waals surface area contributed by atoms with Gasteiger partial charge < -0.3 is 24.4 Å². The van der Waals surface area contributed by atoms with Crippen LogP contribution in [0.3, 0.4) is 0 Å². The van der Waals surface area contributed by atoms with Crippen molar-refractivity contribution in [1.82, 2.24) is 10.3 Å². The third kappa shape index (κ3) is 13.8. The summed E-state index contributed by atoms with van der Waals surface area (Å²) >= 11 is 0. The summed E-state index contributed by atoms with van der Waals surface area (Å²) in [5, 5.41) is 5.96. The summed E-state index contributed by atoms with van der Waals surface area (Å²) < 4.78 is 16.2. The SMILES string of the molecule is CC(C)(C)Cc1cccc(N(CC(C)(C)C)C(=O)c2ccc3cc(OC(=O)c4ccc(NC(=NC(=O)OC(C)(C)C)NC(=O)OC(C)(C)C)cc4)ccc3n2)c1. The average molecular weight is 766 g/mol. The molecule has 0 aliphatic heterocycles. The van der Waals surface area contributed by atoms with Crippen LogP contribution in [0.5, 0.6) is 5.75 Å². The highest BCUT2D eigenvalue weighted by Gasteiger charge is 2.26. The van der Waals surface area contributed by atoms with Crippen molar-refractivity contribution in [2.45, 2.75) is 101 Å². The number of benzene rings is 3. The number of ether oxygens (including phenoxy) is 3. The van der Waals surface area contributed by atoms with E-state index < -0.39 is 29.4 Å². The highest BCUT2D eigenvalue weighted by molar-refractivity contribution is 6.07. The Morgan fingerprint density at radius 3 is 2.00 bits per heavy atom. The molecule has 0 atom stereocenters. The topological polar surface area (TPSA) is 149 Å². The molecule has 0 bridgehead atoms. The fraction of sp³-hybridized carbons (Fsp3) is 0.409. The Morgan fingerprint density at radius 1 is 0.732 bits per heavy atom. The zero-order valence-corrected chi connectivity index (χ0v) is 34.6. The van der Waals surface area contributed by atoms with E-state index in [4.69, 9.17) is 19.2 Å². The molecule has 4 aromatic rings. The predicted molar refractivity (Wildman–Crippen MR) is 221 cm³/mol. The van der Waals surface area contributed by atoms with Crippen molar-refractivity contribution in [3.8, 4) is 5.75 Å². The van der Waals surface area contributed by atoms with Crippen LogP contribution in [-0.4, -0.2) is 52.8 Å². The van der Waals surface area contributed by atoms with Gasteiger partial charge in [-0.1, -0.05) is 59.7 Å². The lowest BCUT2D eigenvalue weighted by atomic mass is 9.88. The molecule has 0 radical (unpaired) electrons. The fourth-order valence-corrected chi connectivity index (χ4v) is 5.48. The first-order chi connectivity index (χ1) is 25.8. The minimum absolute atomic E-state index is 0.0992. The molecule has 56 heavy (non-hydrogen) atoms. The maximum absolute atomic E-state index is 14.0. The first kappa shape index (κ1) is 43.0. The van der Waals surface area contributed by atoms with Gasteiger partial charge in [-0.15, -0.1) is 4.99 Å². The van der Waals surface area contributed by atoms with Gasteiger partial charge in [0.15, 0.2) is 0 Å². The number of nitrogens with one attached hydrogen (secondary N) is 2. The minimum Gasteiger partial charge on any atom is -0.444 e. The van der Waals surface area contributed by atoms with Gasteiger partial charge in [0.05, 0.1) is 11.1 Å². The maximum atomic E-state index is 14.0. The molecule has 0 spiro atoms. The molecule has 3 amide bonds. The van der Waals surface area contributed by atoms with Gasteiger partial charge in [-0.05, 0) is 125 Å². The number of anilines is 2. The van der Waals surface area contributed by atoms with Crippen LogP contribution in [0, 0.1) is 10.8 Å². The molecular weight excluding hydrogens is 711 g/mol. The van der Waals surface area contributed by atoms with Crippen LogP contribution in [0.15, 0.2) is 83.9 Å². The van der Waals surface area contributed by atoms with Gasteiger partial charge >= 0.3 is 18.2 Å². The number of carbonyl (C=O) groups excluding carboxylic acids is 4. The zero-order valence-electron chi connectivity index (χ0n) is 34.6. The summed E-state index contributed by atoms with van der Waals surface area (Å²) in [6.07, 6.45) is -0.879. The van der Waals surface area contributed by atoms with Crippen LogP contribution in [0.25, 0.3) is 10.9 Å². The number of aliphatic imine (C=N–C) groups is 1. The van der Waals surface area contributed by atoms with Gasteiger partial charge in [0.2, 0.25) is 5.96 Å². The molecule has 3 aromatic carbocycles. The van der Waals surface area contributed by atoms with E-state index in [1.54, 1.807) is 88.9 Å². The molecule has 2 N–H and O–H groups in total. The fourth-order valence-electron chi connectivity index (χ4n) is 5.48. The lowest BCUT2D eigenvalue weighted by molar-refractivity contribution is 0.0561. The Kier molecular flexibility index (Phi) is 13.0. The molecule has 0 saturated heterocycles. The van der Waals surface area contributed by atoms with Gasteiger partial charge in [0, 0.05) is 23.3 Å². The summed E-state index contributed by atoms with van der Waals surface area (Å²) in [4.78, 5) is 62.4. The smallest absolute Gasteiger partial charge is 0.437 e. The van der Waals surface area contributed by atoms with Crippen molar-refractivity contribution < 1.29 is 33.4 Å². The monoisotopic (exact) mass is 765 g/mol. The first-order valence-corrected chi connectivity index (χ1v) is 18.6. The van der Waals surface area contributed by atoms with Crippen LogP contribution in [0.1, 0.15) is 109 Å². The third-order valence-corrected chi connectivity index (χ3v) is 7.52. The number of carbonyl (C=O) groups is 4. The van der Waals surface area contributed by atoms with Crippen LogP contribution < -0.4 is 20.3 Å². The van der Waals surface area contributed by atoms with E-state index in [0.29, 0.717) is 34.6 Å². The number of nitrogens with zero attached hydrogens (tertiary/aromatic N) is 3. The normalized spacial score (nSPS) is 12.5. The Hall–Kier alpha value is -5.78. The van der Waals surface area contributed by atoms with Crippen LogP contribution in [0.2, 0.25) is 0 Å². The average Bonchev–Trinajstić information content (AvgIpc) is 3.04. The molecule has 12 nitrogen and oxygen atoms in total. The first-order valence-electron chi connectivity index (χ1n) is 18.6. The van der Waals surface area contributed by atoms with Gasteiger partial charge in [-0.3, -0.25) is 10.1 Å². The van der Waals surface area contributed by atoms with Gasteiger partial charge in [0.1, 0.15) is 22.6 Å². The van der Waals surface area contributed by atoms with E-state index >= 15 is 0 Å². The number of guanidine groups is 1. The molecule has 0 saturated carbocycles. The van der Waals surface area contributed by atoms with Crippen molar-refractivity contribution in [2.75, 3.05) is 16.8 Å². The summed E-state index contributed by atoms with van der Waals surface area (Å²) in [5.74, 6) is -0.752. The standard InChI is InChI=1S/C44H55N5O7/c1-41(2,3)26-28-14-13-15-32(24-28)49(27-42(4,5)6)36(50)35-22-18-30-25-33(21-23-34(30)46-35)54-37(51)29-16-19-31(20-17-29)45-38(47-39(52)55-43(7,8)9)48-40(53)56-44(10,11)12/h13-25H,26-27H2,1-12H3,(H2,45,47,48,52,53). The number of pyridine rings is 1. The van der Waals surface area contributed by atoms with Crippen LogP contribution >= 0.6 is 0 Å². The van der Waals surface area contributed by atoms with Crippen LogP contribution in [-0.2, 0) is 15.9 Å². The number of fused-ring (bicyclic) bond motifs is 1. The molecule has 4 rings (SSSR count). The number of hydrogen-bond donors (Lipinski definition) is 2. The van der Waals surface area contributed by atoms with E-state index in [0.717, 1.165) is 17.7 Å². The lowest BCUT2D eigenvalue weighted by Crippen LogP contribution is -2.40. The number of amides is 3. The lowest BCUT2D eigenvalue weighted by Gasteiger charge is -2.30. The molecule has 0 unspecified atom stereocenters. The summed E-state index contributed by atoms with van der Waals surface area (Å²) in [7, 11) is 0. The quantitative estimate of drug-likeness (QED) is 0.0812. The molecule has 1 heterocycles. The van der Waals surface area contributed by atoms with Gasteiger partial charge in [-0.25, -0.2) is 19.4 Å². The highest BCUT2D eigenvalue weighted by atomic mass is 16.6. The Labute approximate surface area is 330 Å². The number of hydrogen-bond acceptors (Lipinski definition) is 8. The number of rotatable bonds is 7. The molecule has 1 aromatic heterocycles. The zero-order chi connectivity index (χ0) is 41.6. The van der Waals surface area contributed by atoms with E-state index in [2.05, 4.69) is 69.3 Å². The second-order valence-electron chi connectivity index (χ2n) is 18.1. The molecule has 0 aliphatic carbocycles. The van der Waals surface area contributed by atoms with Gasteiger partial charge in [-0.2, -0.15) is 0 Å². The van der Waals surface area contributed by atoms with Gasteiger partial charge in [0.25, 0.3) is 5.91 Å². The third-order valence-electron chi connectivity index (χ3n) is 7.52. The summed E-state index contributed by atoms with van der Waals surface area (Å²) in [6, 6.07) is 22.8. The minimum atomic E-state index is -0.926. The number of aromatic nitrogens is 1. The summed E-state index contributed by atoms with van der Waals surface area (Å²) in [5.41, 5.74) is 1.85. The van der Waals surface area contributed by atoms with Crippen molar-refractivity contribution in [3.63, 3.8) is 0 Å². The molecule has 12 heteroatoms. The van der Waals surface area contributed by atoms with Crippen molar-refractivity contribution in [2.24, 2.45) is 15.8 Å². The Morgan fingerprint density at radius 2 is 1.39 bits per heavy atom. The predicted octanol–water partition coefficient (Wildman–Crippen LogP) is 9.96. The second-order valence-corrected chi connectivity index (χ2v) is 18.1. The maximum Gasteiger partial charge on any atom is 0.437 e. The number of esters is 1. The van der Waals surface area contributed by atoms with E-state index in [-0.39, 0.29) is 28.3 Å². The Bertz CT molecular complexity index is 2100. The second kappa shape index (κ2) is 16.9. The van der Waals surface area contributed by atoms with E-state index in [9.17, 15) is 19.2 Å². The molecule has 0 aliphatic rings. The summed E-state index contributed by atoms with van der Waals surface area (Å²) in [6.45, 7) is 23.6. The molecule has 298 valence electrons. The van der Waals surface area contributed by atoms with Crippen LogP contribution in [0.4, 0.5) is 21.0 Å². The number of alkyl carbamates (subject to hydrolysis) is 1. The molecular formula is C44H55N5O7. The largest absolute Gasteiger partial charge is 0.444 e.